The highest BCUT2D eigenvalue weighted by Gasteiger charge is 2.40. The minimum atomic E-state index is -4.80. The predicted octanol–water partition coefficient (Wildman–Crippen LogP) is 5.15. The van der Waals surface area contributed by atoms with E-state index in [4.69, 9.17) is 11.6 Å². The van der Waals surface area contributed by atoms with Gasteiger partial charge < -0.3 is 5.32 Å². The van der Waals surface area contributed by atoms with Crippen molar-refractivity contribution in [3.8, 4) is 11.4 Å². The summed E-state index contributed by atoms with van der Waals surface area (Å²) in [6.07, 6.45) is -1.25. The van der Waals surface area contributed by atoms with Crippen LogP contribution in [0.15, 0.2) is 60.8 Å². The van der Waals surface area contributed by atoms with E-state index in [0.29, 0.717) is 10.4 Å². The number of amides is 1. The van der Waals surface area contributed by atoms with Crippen LogP contribution < -0.4 is 5.32 Å². The molecule has 174 valence electrons. The van der Waals surface area contributed by atoms with Gasteiger partial charge in [0.25, 0.3) is 5.91 Å². The molecule has 4 aromatic rings. The van der Waals surface area contributed by atoms with Gasteiger partial charge in [-0.3, -0.25) is 4.79 Å². The summed E-state index contributed by atoms with van der Waals surface area (Å²) in [5.74, 6) is -0.874. The second-order valence-electron chi connectivity index (χ2n) is 7.95. The lowest BCUT2D eigenvalue weighted by Crippen LogP contribution is -2.27. The van der Waals surface area contributed by atoms with Gasteiger partial charge >= 0.3 is 6.18 Å². The number of hydrogen-bond acceptors (Lipinski definition) is 3. The molecule has 0 spiro atoms. The van der Waals surface area contributed by atoms with Gasteiger partial charge in [0.2, 0.25) is 0 Å². The molecule has 0 radical (unpaired) electrons. The van der Waals surface area contributed by atoms with E-state index in [1.54, 1.807) is 6.07 Å². The van der Waals surface area contributed by atoms with Crippen molar-refractivity contribution in [2.45, 2.75) is 32.0 Å². The minimum absolute atomic E-state index is 0.0145. The fourth-order valence-electron chi connectivity index (χ4n) is 4.29. The van der Waals surface area contributed by atoms with Gasteiger partial charge in [0, 0.05) is 10.7 Å². The molecule has 0 bridgehead atoms. The van der Waals surface area contributed by atoms with E-state index in [0.717, 1.165) is 42.4 Å². The number of fused-ring (bicyclic) bond motifs is 1. The average Bonchev–Trinajstić information content (AvgIpc) is 3.53. The van der Waals surface area contributed by atoms with Crippen LogP contribution in [0.5, 0.6) is 0 Å². The Labute approximate surface area is 198 Å². The minimum Gasteiger partial charge on any atom is -0.346 e. The maximum atomic E-state index is 13.9. The number of hydrogen-bond donors (Lipinski definition) is 1. The van der Waals surface area contributed by atoms with Crippen molar-refractivity contribution < 1.29 is 18.0 Å². The number of para-hydroxylation sites is 1. The zero-order valence-corrected chi connectivity index (χ0v) is 18.6. The topological polar surface area (TPSA) is 64.7 Å². The van der Waals surface area contributed by atoms with Gasteiger partial charge in [-0.15, -0.1) is 0 Å². The number of alkyl halides is 3. The lowest BCUT2D eigenvalue weighted by molar-refractivity contribution is -0.143. The second-order valence-corrected chi connectivity index (χ2v) is 8.39. The summed E-state index contributed by atoms with van der Waals surface area (Å²) >= 11 is 5.93. The van der Waals surface area contributed by atoms with Crippen LogP contribution in [0, 0.1) is 0 Å². The van der Waals surface area contributed by atoms with Gasteiger partial charge in [-0.1, -0.05) is 35.9 Å². The Bertz CT molecular complexity index is 1360. The van der Waals surface area contributed by atoms with Crippen LogP contribution in [0.1, 0.15) is 39.4 Å². The van der Waals surface area contributed by atoms with Crippen LogP contribution in [0.4, 0.5) is 13.2 Å². The first-order valence-electron chi connectivity index (χ1n) is 10.7. The Hall–Kier alpha value is -3.59. The van der Waals surface area contributed by atoms with Crippen molar-refractivity contribution in [1.82, 2.24) is 24.9 Å². The Morgan fingerprint density at radius 1 is 1.03 bits per heavy atom. The number of rotatable bonds is 5. The van der Waals surface area contributed by atoms with Crippen LogP contribution >= 0.6 is 11.6 Å². The maximum absolute atomic E-state index is 13.9. The van der Waals surface area contributed by atoms with Gasteiger partial charge in [0.05, 0.1) is 35.4 Å². The van der Waals surface area contributed by atoms with Gasteiger partial charge in [0.1, 0.15) is 0 Å². The zero-order valence-electron chi connectivity index (χ0n) is 17.8. The van der Waals surface area contributed by atoms with E-state index >= 15 is 0 Å². The quantitative estimate of drug-likeness (QED) is 0.425. The predicted molar refractivity (Wildman–Crippen MR) is 120 cm³/mol. The second kappa shape index (κ2) is 8.64. The number of nitrogens with zero attached hydrogens (tertiary/aromatic N) is 4. The molecular weight excluding hydrogens is 467 g/mol. The van der Waals surface area contributed by atoms with Crippen LogP contribution in [0.3, 0.4) is 0 Å². The molecule has 0 saturated carbocycles. The van der Waals surface area contributed by atoms with Crippen molar-refractivity contribution in [3.05, 3.63) is 94.0 Å². The molecule has 0 atom stereocenters. The SMILES string of the molecule is O=C(NCc1nn(-c2ccccc2)c2c1CCC2)c1cnn(-c2cccc(Cl)c2)c1C(F)(F)F. The third-order valence-corrected chi connectivity index (χ3v) is 6.00. The molecule has 1 aliphatic rings. The smallest absolute Gasteiger partial charge is 0.346 e. The lowest BCUT2D eigenvalue weighted by Gasteiger charge is -2.13. The molecule has 10 heteroatoms. The summed E-state index contributed by atoms with van der Waals surface area (Å²) in [6, 6.07) is 15.5. The Morgan fingerprint density at radius 3 is 2.53 bits per heavy atom. The van der Waals surface area contributed by atoms with Gasteiger partial charge in [-0.2, -0.15) is 23.4 Å². The lowest BCUT2D eigenvalue weighted by atomic mass is 10.2. The molecule has 6 nitrogen and oxygen atoms in total. The molecule has 2 heterocycles. The highest BCUT2D eigenvalue weighted by Crippen LogP contribution is 2.34. The average molecular weight is 486 g/mol. The first-order valence-corrected chi connectivity index (χ1v) is 11.0. The summed E-state index contributed by atoms with van der Waals surface area (Å²) in [7, 11) is 0. The van der Waals surface area contributed by atoms with Gasteiger partial charge in [-0.25, -0.2) is 9.36 Å². The number of aromatic nitrogens is 4. The Kier molecular flexibility index (Phi) is 5.65. The van der Waals surface area contributed by atoms with E-state index in [2.05, 4.69) is 15.5 Å². The zero-order chi connectivity index (χ0) is 23.9. The standard InChI is InChI=1S/C24H19ClF3N5O/c25-15-6-4-9-17(12-15)33-22(24(26,27)28)19(13-30-33)23(34)29-14-20-18-10-5-11-21(18)32(31-20)16-7-2-1-3-8-16/h1-4,6-9,12-13H,5,10-11,14H2,(H,29,34). The molecule has 34 heavy (non-hydrogen) atoms. The van der Waals surface area contributed by atoms with Crippen molar-refractivity contribution in [2.24, 2.45) is 0 Å². The molecule has 0 fully saturated rings. The Morgan fingerprint density at radius 2 is 1.79 bits per heavy atom. The van der Waals surface area contributed by atoms with Crippen molar-refractivity contribution >= 4 is 17.5 Å². The first kappa shape index (κ1) is 22.2. The fraction of sp³-hybridized carbons (Fsp3) is 0.208. The molecule has 2 aromatic heterocycles. The molecule has 1 aliphatic carbocycles. The van der Waals surface area contributed by atoms with Crippen LogP contribution in [-0.4, -0.2) is 25.5 Å². The van der Waals surface area contributed by atoms with E-state index in [-0.39, 0.29) is 17.3 Å². The number of halogens is 4. The van der Waals surface area contributed by atoms with Gasteiger partial charge in [-0.05, 0) is 55.2 Å². The van der Waals surface area contributed by atoms with Crippen molar-refractivity contribution in [1.29, 1.82) is 0 Å². The maximum Gasteiger partial charge on any atom is 0.434 e. The van der Waals surface area contributed by atoms with Crippen molar-refractivity contribution in [3.63, 3.8) is 0 Å². The first-order chi connectivity index (χ1) is 16.3. The normalized spacial score (nSPS) is 13.2. The highest BCUT2D eigenvalue weighted by atomic mass is 35.5. The molecule has 1 amide bonds. The highest BCUT2D eigenvalue weighted by molar-refractivity contribution is 6.30. The molecule has 5 rings (SSSR count). The van der Waals surface area contributed by atoms with E-state index in [9.17, 15) is 18.0 Å². The Balaban J connectivity index is 1.43. The number of benzene rings is 2. The summed E-state index contributed by atoms with van der Waals surface area (Å²) in [4.78, 5) is 12.8. The van der Waals surface area contributed by atoms with Crippen LogP contribution in [0.2, 0.25) is 5.02 Å². The number of carbonyl (C=O) groups is 1. The summed E-state index contributed by atoms with van der Waals surface area (Å²) in [5.41, 5.74) is 2.05. The molecule has 2 aromatic carbocycles. The number of nitrogens with one attached hydrogen (secondary N) is 1. The van der Waals surface area contributed by atoms with Gasteiger partial charge in [0.15, 0.2) is 5.69 Å². The largest absolute Gasteiger partial charge is 0.434 e. The summed E-state index contributed by atoms with van der Waals surface area (Å²) < 4.78 is 44.3. The van der Waals surface area contributed by atoms with Crippen LogP contribution in [-0.2, 0) is 25.6 Å². The fourth-order valence-corrected chi connectivity index (χ4v) is 4.47. The third-order valence-electron chi connectivity index (χ3n) is 5.77. The number of carbonyl (C=O) groups excluding carboxylic acids is 1. The molecule has 0 aliphatic heterocycles. The molecule has 1 N–H and O–H groups in total. The van der Waals surface area contributed by atoms with E-state index in [1.807, 2.05) is 35.0 Å². The van der Waals surface area contributed by atoms with E-state index in [1.165, 1.54) is 18.2 Å². The molecule has 0 unspecified atom stereocenters. The van der Waals surface area contributed by atoms with E-state index < -0.39 is 23.3 Å². The van der Waals surface area contributed by atoms with Crippen LogP contribution in [0.25, 0.3) is 11.4 Å². The van der Waals surface area contributed by atoms with Crippen molar-refractivity contribution in [2.75, 3.05) is 0 Å². The molecule has 0 saturated heterocycles. The summed E-state index contributed by atoms with van der Waals surface area (Å²) in [5, 5.41) is 11.3. The monoisotopic (exact) mass is 485 g/mol. The molecular formula is C24H19ClF3N5O. The third kappa shape index (κ3) is 4.07. The summed E-state index contributed by atoms with van der Waals surface area (Å²) in [6.45, 7) is 0.0145.